The number of aromatic amines is 1. The Morgan fingerprint density at radius 2 is 1.85 bits per heavy atom. The maximum atomic E-state index is 12.8. The summed E-state index contributed by atoms with van der Waals surface area (Å²) in [6, 6.07) is 14.5. The lowest BCUT2D eigenvalue weighted by Crippen LogP contribution is -2.35. The number of ether oxygens (including phenoxy) is 1. The topological polar surface area (TPSA) is 88.3 Å². The second kappa shape index (κ2) is 7.23. The van der Waals surface area contributed by atoms with Crippen molar-refractivity contribution >= 4 is 22.8 Å². The molecule has 6 nitrogen and oxygen atoms in total. The number of rotatable bonds is 4. The van der Waals surface area contributed by atoms with Crippen LogP contribution in [-0.4, -0.2) is 24.0 Å². The first kappa shape index (κ1) is 17.4. The Morgan fingerprint density at radius 3 is 2.58 bits per heavy atom. The molecule has 3 aromatic rings. The minimum Gasteiger partial charge on any atom is -0.467 e. The highest BCUT2D eigenvalue weighted by molar-refractivity contribution is 6.07. The molecule has 26 heavy (non-hydrogen) atoms. The normalized spacial score (nSPS) is 11.8. The zero-order valence-corrected chi connectivity index (χ0v) is 14.4. The number of carbonyl (C=O) groups excluding carboxylic acids is 2. The fourth-order valence-electron chi connectivity index (χ4n) is 2.85. The molecule has 2 aromatic carbocycles. The van der Waals surface area contributed by atoms with Crippen LogP contribution >= 0.6 is 0 Å². The van der Waals surface area contributed by atoms with Crippen molar-refractivity contribution < 1.29 is 14.3 Å². The van der Waals surface area contributed by atoms with E-state index in [0.717, 1.165) is 5.56 Å². The average molecular weight is 350 g/mol. The fraction of sp³-hybridized carbons (Fsp3) is 0.150. The first-order valence-electron chi connectivity index (χ1n) is 8.07. The van der Waals surface area contributed by atoms with Crippen LogP contribution in [0.2, 0.25) is 0 Å². The molecule has 6 heteroatoms. The Labute approximate surface area is 149 Å². The van der Waals surface area contributed by atoms with E-state index in [2.05, 4.69) is 10.3 Å². The summed E-state index contributed by atoms with van der Waals surface area (Å²) in [5.41, 5.74) is 1.92. The number of hydrogen-bond donors (Lipinski definition) is 2. The highest BCUT2D eigenvalue weighted by Crippen LogP contribution is 2.19. The molecule has 0 unspecified atom stereocenters. The van der Waals surface area contributed by atoms with Gasteiger partial charge in [0.25, 0.3) is 5.91 Å². The SMILES string of the molecule is COC(=O)[C@H](NC(=O)c1cc(=O)[nH]c2ccccc12)c1cccc(C)c1. The van der Waals surface area contributed by atoms with Crippen molar-refractivity contribution in [2.75, 3.05) is 7.11 Å². The first-order valence-corrected chi connectivity index (χ1v) is 8.07. The van der Waals surface area contributed by atoms with Gasteiger partial charge in [0.2, 0.25) is 5.56 Å². The van der Waals surface area contributed by atoms with Gasteiger partial charge in [0.15, 0.2) is 6.04 Å². The molecule has 0 radical (unpaired) electrons. The zero-order chi connectivity index (χ0) is 18.7. The van der Waals surface area contributed by atoms with Gasteiger partial charge in [-0.25, -0.2) is 4.79 Å². The third-order valence-electron chi connectivity index (χ3n) is 4.08. The van der Waals surface area contributed by atoms with E-state index in [0.29, 0.717) is 16.5 Å². The number of amides is 1. The molecule has 0 aliphatic carbocycles. The number of esters is 1. The van der Waals surface area contributed by atoms with Gasteiger partial charge in [0, 0.05) is 17.0 Å². The van der Waals surface area contributed by atoms with Crippen molar-refractivity contribution in [1.82, 2.24) is 10.3 Å². The molecule has 1 heterocycles. The van der Waals surface area contributed by atoms with Gasteiger partial charge >= 0.3 is 5.97 Å². The molecule has 2 N–H and O–H groups in total. The summed E-state index contributed by atoms with van der Waals surface area (Å²) in [5.74, 6) is -1.11. The number of aryl methyl sites for hydroxylation is 1. The number of fused-ring (bicyclic) bond motifs is 1. The van der Waals surface area contributed by atoms with Gasteiger partial charge in [-0.3, -0.25) is 9.59 Å². The number of aromatic nitrogens is 1. The molecule has 0 aliphatic heterocycles. The van der Waals surface area contributed by atoms with Crippen LogP contribution in [0, 0.1) is 6.92 Å². The molecule has 0 saturated carbocycles. The Balaban J connectivity index is 2.01. The van der Waals surface area contributed by atoms with Crippen LogP contribution in [0.1, 0.15) is 27.5 Å². The lowest BCUT2D eigenvalue weighted by Gasteiger charge is -2.18. The van der Waals surface area contributed by atoms with Gasteiger partial charge in [-0.1, -0.05) is 48.0 Å². The van der Waals surface area contributed by atoms with Gasteiger partial charge in [-0.2, -0.15) is 0 Å². The molecular formula is C20H18N2O4. The average Bonchev–Trinajstić information content (AvgIpc) is 2.64. The summed E-state index contributed by atoms with van der Waals surface area (Å²) in [4.78, 5) is 39.6. The summed E-state index contributed by atoms with van der Waals surface area (Å²) < 4.78 is 4.83. The van der Waals surface area contributed by atoms with Crippen LogP contribution in [0.25, 0.3) is 10.9 Å². The summed E-state index contributed by atoms with van der Waals surface area (Å²) in [7, 11) is 1.26. The number of carbonyl (C=O) groups is 2. The lowest BCUT2D eigenvalue weighted by molar-refractivity contribution is -0.143. The molecule has 0 fully saturated rings. The Bertz CT molecular complexity index is 1040. The zero-order valence-electron chi connectivity index (χ0n) is 14.4. The summed E-state index contributed by atoms with van der Waals surface area (Å²) in [5, 5.41) is 3.28. The van der Waals surface area contributed by atoms with Crippen LogP contribution in [0.3, 0.4) is 0 Å². The van der Waals surface area contributed by atoms with Gasteiger partial charge in [0.05, 0.1) is 12.7 Å². The molecule has 0 spiro atoms. The van der Waals surface area contributed by atoms with E-state index < -0.39 is 17.9 Å². The quantitative estimate of drug-likeness (QED) is 0.708. The van der Waals surface area contributed by atoms with Crippen molar-refractivity contribution in [2.45, 2.75) is 13.0 Å². The van der Waals surface area contributed by atoms with Crippen LogP contribution in [0.15, 0.2) is 59.4 Å². The molecular weight excluding hydrogens is 332 g/mol. The van der Waals surface area contributed by atoms with Crippen molar-refractivity contribution in [1.29, 1.82) is 0 Å². The Morgan fingerprint density at radius 1 is 1.08 bits per heavy atom. The smallest absolute Gasteiger partial charge is 0.333 e. The standard InChI is InChI=1S/C20H18N2O4/c1-12-6-5-7-13(10-12)18(20(25)26-2)22-19(24)15-11-17(23)21-16-9-4-3-8-14(15)16/h3-11,18H,1-2H3,(H,21,23)(H,22,24)/t18-/m1/s1. The summed E-state index contributed by atoms with van der Waals surface area (Å²) in [6.45, 7) is 1.89. The van der Waals surface area contributed by atoms with E-state index in [1.807, 2.05) is 13.0 Å². The van der Waals surface area contributed by atoms with Gasteiger partial charge in [-0.05, 0) is 18.6 Å². The number of benzene rings is 2. The molecule has 0 saturated heterocycles. The highest BCUT2D eigenvalue weighted by Gasteiger charge is 2.25. The largest absolute Gasteiger partial charge is 0.467 e. The van der Waals surface area contributed by atoms with Crippen LogP contribution in [0.5, 0.6) is 0 Å². The van der Waals surface area contributed by atoms with E-state index in [-0.39, 0.29) is 11.1 Å². The Hall–Kier alpha value is -3.41. The molecule has 1 aromatic heterocycles. The third kappa shape index (κ3) is 3.49. The predicted molar refractivity (Wildman–Crippen MR) is 98.0 cm³/mol. The molecule has 1 amide bonds. The number of pyridine rings is 1. The van der Waals surface area contributed by atoms with Crippen LogP contribution in [0.4, 0.5) is 0 Å². The molecule has 0 aliphatic rings. The minimum atomic E-state index is -0.967. The Kier molecular flexibility index (Phi) is 4.84. The number of methoxy groups -OCH3 is 1. The molecule has 3 rings (SSSR count). The second-order valence-corrected chi connectivity index (χ2v) is 5.94. The number of nitrogens with one attached hydrogen (secondary N) is 2. The summed E-state index contributed by atoms with van der Waals surface area (Å²) >= 11 is 0. The molecule has 1 atom stereocenters. The van der Waals surface area contributed by atoms with Crippen molar-refractivity contribution in [3.05, 3.63) is 81.6 Å². The first-order chi connectivity index (χ1) is 12.5. The fourth-order valence-corrected chi connectivity index (χ4v) is 2.85. The van der Waals surface area contributed by atoms with Crippen molar-refractivity contribution in [3.8, 4) is 0 Å². The summed E-state index contributed by atoms with van der Waals surface area (Å²) in [6.07, 6.45) is 0. The van der Waals surface area contributed by atoms with Crippen molar-refractivity contribution in [3.63, 3.8) is 0 Å². The maximum Gasteiger partial charge on any atom is 0.333 e. The van der Waals surface area contributed by atoms with E-state index in [9.17, 15) is 14.4 Å². The number of hydrogen-bond acceptors (Lipinski definition) is 4. The van der Waals surface area contributed by atoms with E-state index in [1.54, 1.807) is 42.5 Å². The lowest BCUT2D eigenvalue weighted by atomic mass is 10.0. The molecule has 132 valence electrons. The predicted octanol–water partition coefficient (Wildman–Crippen LogP) is 2.48. The van der Waals surface area contributed by atoms with Gasteiger partial charge in [0.1, 0.15) is 0 Å². The van der Waals surface area contributed by atoms with E-state index >= 15 is 0 Å². The molecule has 0 bridgehead atoms. The number of H-pyrrole nitrogens is 1. The minimum absolute atomic E-state index is 0.200. The van der Waals surface area contributed by atoms with E-state index in [4.69, 9.17) is 4.74 Å². The van der Waals surface area contributed by atoms with Crippen LogP contribution < -0.4 is 10.9 Å². The number of para-hydroxylation sites is 1. The van der Waals surface area contributed by atoms with Gasteiger partial charge < -0.3 is 15.0 Å². The maximum absolute atomic E-state index is 12.8. The van der Waals surface area contributed by atoms with Crippen molar-refractivity contribution in [2.24, 2.45) is 0 Å². The third-order valence-corrected chi connectivity index (χ3v) is 4.08. The highest BCUT2D eigenvalue weighted by atomic mass is 16.5. The van der Waals surface area contributed by atoms with Gasteiger partial charge in [-0.15, -0.1) is 0 Å². The second-order valence-electron chi connectivity index (χ2n) is 5.94. The monoisotopic (exact) mass is 350 g/mol. The van der Waals surface area contributed by atoms with E-state index in [1.165, 1.54) is 13.2 Å². The van der Waals surface area contributed by atoms with Crippen LogP contribution in [-0.2, 0) is 9.53 Å².